The van der Waals surface area contributed by atoms with Gasteiger partial charge in [-0.3, -0.25) is 4.79 Å². The van der Waals surface area contributed by atoms with Gasteiger partial charge in [-0.1, -0.05) is 121 Å². The van der Waals surface area contributed by atoms with Crippen molar-refractivity contribution in [1.29, 1.82) is 0 Å². The Balaban J connectivity index is 3.81. The molecule has 13 heteroatoms. The molecular formula is C56H108O9Si4. The Morgan fingerprint density at radius 2 is 1.26 bits per heavy atom. The van der Waals surface area contributed by atoms with Crippen LogP contribution in [-0.2, 0) is 33.8 Å². The van der Waals surface area contributed by atoms with E-state index < -0.39 is 57.2 Å². The number of carbonyl (C=O) groups is 1. The number of allylic oxidation sites excluding steroid dienone is 2. The maximum absolute atomic E-state index is 15.3. The molecule has 0 fully saturated rings. The molecule has 0 aliphatic carbocycles. The first-order chi connectivity index (χ1) is 32.2. The van der Waals surface area contributed by atoms with E-state index >= 15 is 4.79 Å². The van der Waals surface area contributed by atoms with Crippen molar-refractivity contribution in [1.82, 2.24) is 0 Å². The summed E-state index contributed by atoms with van der Waals surface area (Å²) < 4.78 is 46.5. The van der Waals surface area contributed by atoms with Crippen LogP contribution in [0.25, 0.3) is 0 Å². The molecule has 0 bridgehead atoms. The number of ketones is 1. The third-order valence-corrected chi connectivity index (χ3v) is 35.3. The highest BCUT2D eigenvalue weighted by atomic mass is 28.4. The molecule has 9 nitrogen and oxygen atoms in total. The summed E-state index contributed by atoms with van der Waals surface area (Å²) >= 11 is 0. The minimum Gasteiger partial charge on any atom is -0.493 e. The largest absolute Gasteiger partial charge is 0.493 e. The number of rotatable bonds is 37. The van der Waals surface area contributed by atoms with Crippen LogP contribution < -0.4 is 9.47 Å². The van der Waals surface area contributed by atoms with Gasteiger partial charge in [-0.2, -0.15) is 0 Å². The Morgan fingerprint density at radius 1 is 0.754 bits per heavy atom. The first-order valence-corrected chi connectivity index (χ1v) is 37.8. The van der Waals surface area contributed by atoms with Crippen molar-refractivity contribution < 1.29 is 41.8 Å². The fourth-order valence-corrected chi connectivity index (χ4v) is 19.9. The predicted molar refractivity (Wildman–Crippen MR) is 303 cm³/mol. The SMILES string of the molecule is C=C(/C=C(\C)[C@@](C)(C[C@@H](O)CC(=O)[C@H](OCc1ccc(OC)c(OC)c1)[C@@H](O[Si](CC)(CC)CC)[C@H](C)C[C@@H](C)O[Si](CC)(CC)CC)O[Si](CC)(CC)CC)C[C@@H](C)CCO[Si](C)(C)C(C)(C)C. The monoisotopic (exact) mass is 1040 g/mol. The van der Waals surface area contributed by atoms with Crippen molar-refractivity contribution >= 4 is 39.1 Å². The van der Waals surface area contributed by atoms with Gasteiger partial charge < -0.3 is 37.0 Å². The van der Waals surface area contributed by atoms with Crippen molar-refractivity contribution in [2.75, 3.05) is 20.8 Å². The molecule has 402 valence electrons. The van der Waals surface area contributed by atoms with E-state index in [1.807, 2.05) is 18.2 Å². The van der Waals surface area contributed by atoms with Crippen LogP contribution in [0.2, 0.25) is 72.5 Å². The maximum Gasteiger partial charge on any atom is 0.193 e. The molecular weight excluding hydrogens is 929 g/mol. The van der Waals surface area contributed by atoms with Crippen molar-refractivity contribution in [3.63, 3.8) is 0 Å². The van der Waals surface area contributed by atoms with Gasteiger partial charge in [0.25, 0.3) is 0 Å². The molecule has 0 spiro atoms. The molecule has 0 aromatic heterocycles. The second-order valence-corrected chi connectivity index (χ2v) is 41.4. The van der Waals surface area contributed by atoms with E-state index in [2.05, 4.69) is 143 Å². The fourth-order valence-electron chi connectivity index (χ4n) is 9.82. The zero-order valence-electron chi connectivity index (χ0n) is 48.5. The van der Waals surface area contributed by atoms with Gasteiger partial charge in [-0.05, 0) is 148 Å². The maximum atomic E-state index is 15.3. The van der Waals surface area contributed by atoms with Crippen molar-refractivity contribution in [3.05, 3.63) is 47.6 Å². The highest BCUT2D eigenvalue weighted by Crippen LogP contribution is 2.40. The number of aliphatic hydroxyl groups excluding tert-OH is 1. The van der Waals surface area contributed by atoms with Gasteiger partial charge in [0.1, 0.15) is 6.10 Å². The quantitative estimate of drug-likeness (QED) is 0.0516. The Kier molecular flexibility index (Phi) is 28.6. The molecule has 7 atom stereocenters. The van der Waals surface area contributed by atoms with E-state index in [9.17, 15) is 5.11 Å². The van der Waals surface area contributed by atoms with Gasteiger partial charge in [0.2, 0.25) is 0 Å². The number of aliphatic hydroxyl groups is 1. The summed E-state index contributed by atoms with van der Waals surface area (Å²) in [5.41, 5.74) is 2.09. The number of carbonyl (C=O) groups excluding carboxylic acids is 1. The van der Waals surface area contributed by atoms with E-state index in [1.165, 1.54) is 0 Å². The van der Waals surface area contributed by atoms with Crippen LogP contribution in [0.3, 0.4) is 0 Å². The van der Waals surface area contributed by atoms with Gasteiger partial charge >= 0.3 is 0 Å². The lowest BCUT2D eigenvalue weighted by Gasteiger charge is -2.43. The first-order valence-electron chi connectivity index (χ1n) is 27.3. The molecule has 69 heavy (non-hydrogen) atoms. The summed E-state index contributed by atoms with van der Waals surface area (Å²) in [6.07, 6.45) is 2.41. The third-order valence-electron chi connectivity index (χ3n) is 16.6. The summed E-state index contributed by atoms with van der Waals surface area (Å²) in [7, 11) is -4.98. The lowest BCUT2D eigenvalue weighted by atomic mass is 9.85. The van der Waals surface area contributed by atoms with E-state index in [1.54, 1.807) is 14.2 Å². The van der Waals surface area contributed by atoms with Crippen LogP contribution in [0.4, 0.5) is 0 Å². The normalized spacial score (nSPS) is 16.9. The van der Waals surface area contributed by atoms with Crippen LogP contribution in [0.5, 0.6) is 11.5 Å². The van der Waals surface area contributed by atoms with E-state index in [0.717, 1.165) is 97.0 Å². The highest BCUT2D eigenvalue weighted by Gasteiger charge is 2.45. The number of methoxy groups -OCH3 is 2. The molecule has 0 aliphatic heterocycles. The second kappa shape index (κ2) is 30.1. The summed E-state index contributed by atoms with van der Waals surface area (Å²) in [4.78, 5) is 15.3. The molecule has 0 saturated heterocycles. The number of hydrogen-bond acceptors (Lipinski definition) is 9. The van der Waals surface area contributed by atoms with Gasteiger partial charge in [0.15, 0.2) is 50.6 Å². The number of Topliss-reactive ketones (excluding diaryl/α,β-unsaturated/α-hetero) is 1. The van der Waals surface area contributed by atoms with Crippen molar-refractivity contribution in [2.45, 2.75) is 259 Å². The van der Waals surface area contributed by atoms with Crippen LogP contribution in [0.15, 0.2) is 42.0 Å². The average Bonchev–Trinajstić information content (AvgIpc) is 3.30. The summed E-state index contributed by atoms with van der Waals surface area (Å²) in [5.74, 6) is 1.38. The zero-order valence-corrected chi connectivity index (χ0v) is 52.5. The third kappa shape index (κ3) is 19.8. The average molecular weight is 1040 g/mol. The molecule has 0 radical (unpaired) electrons. The van der Waals surface area contributed by atoms with Crippen molar-refractivity contribution in [3.8, 4) is 11.5 Å². The molecule has 1 aromatic carbocycles. The molecule has 0 heterocycles. The Hall–Kier alpha value is -1.40. The molecule has 1 aromatic rings. The van der Waals surface area contributed by atoms with E-state index in [0.29, 0.717) is 17.4 Å². The molecule has 0 unspecified atom stereocenters. The Morgan fingerprint density at radius 3 is 1.74 bits per heavy atom. The predicted octanol–water partition coefficient (Wildman–Crippen LogP) is 15.8. The van der Waals surface area contributed by atoms with Gasteiger partial charge in [0.05, 0.1) is 38.6 Å². The molecule has 1 rings (SSSR count). The van der Waals surface area contributed by atoms with Gasteiger partial charge in [-0.15, -0.1) is 0 Å². The number of ether oxygens (including phenoxy) is 3. The van der Waals surface area contributed by atoms with Gasteiger partial charge in [-0.25, -0.2) is 0 Å². The van der Waals surface area contributed by atoms with E-state index in [-0.39, 0.29) is 42.3 Å². The minimum absolute atomic E-state index is 0.00754. The molecule has 0 aliphatic rings. The lowest BCUT2D eigenvalue weighted by molar-refractivity contribution is -0.144. The zero-order chi connectivity index (χ0) is 53.0. The summed E-state index contributed by atoms with van der Waals surface area (Å²) in [5, 5.41) is 12.5. The summed E-state index contributed by atoms with van der Waals surface area (Å²) in [6.45, 7) is 48.0. The minimum atomic E-state index is -2.29. The van der Waals surface area contributed by atoms with E-state index in [4.69, 9.17) is 31.9 Å². The summed E-state index contributed by atoms with van der Waals surface area (Å²) in [6, 6.07) is 14.6. The molecule has 0 saturated carbocycles. The Bertz CT molecular complexity index is 1660. The van der Waals surface area contributed by atoms with Crippen LogP contribution >= 0.6 is 0 Å². The Labute approximate surface area is 429 Å². The van der Waals surface area contributed by atoms with Gasteiger partial charge in [0, 0.05) is 25.6 Å². The van der Waals surface area contributed by atoms with Crippen molar-refractivity contribution in [2.24, 2.45) is 11.8 Å². The second-order valence-electron chi connectivity index (χ2n) is 22.4. The smallest absolute Gasteiger partial charge is 0.193 e. The van der Waals surface area contributed by atoms with Crippen LogP contribution in [0.1, 0.15) is 155 Å². The topological polar surface area (TPSA) is 102 Å². The highest BCUT2D eigenvalue weighted by molar-refractivity contribution is 6.75. The standard InChI is InChI=1S/C56H108O9Si4/c1-23-67(24-2,25-3)63-47(14)38-45(12)53(64-68(26-4,27-5)28-6)54(61-42-48-32-33-51(59-19)52(39-48)60-20)50(58)40-49(57)41-56(18,65-69(29-7,30-8)31-9)46(13)37-44(11)36-43(10)34-35-62-66(21,22)55(15,16)17/h32-33,37,39,43,45,47,49,53-54,57H,11,23-31,34-36,38,40-42H2,1-10,12-22H3/b46-37+/t43-,45+,47+,49-,53-,54-,56+/m0/s1. The molecule has 1 N–H and O–H groups in total. The van der Waals surface area contributed by atoms with Crippen LogP contribution in [-0.4, -0.2) is 95.0 Å². The number of benzene rings is 1. The first kappa shape index (κ1) is 65.6. The van der Waals surface area contributed by atoms with Crippen LogP contribution in [0, 0.1) is 11.8 Å². The number of hydrogen-bond donors (Lipinski definition) is 1. The molecule has 0 amide bonds. The lowest BCUT2D eigenvalue weighted by Crippen LogP contribution is -2.52. The fraction of sp³-hybridized carbons (Fsp3) is 0.804.